The zero-order chi connectivity index (χ0) is 14.3. The Morgan fingerprint density at radius 1 is 1.35 bits per heavy atom. The van der Waals surface area contributed by atoms with E-state index in [1.165, 1.54) is 25.3 Å². The minimum atomic E-state index is -3.64. The van der Waals surface area contributed by atoms with Crippen molar-refractivity contribution in [3.63, 3.8) is 0 Å². The average Bonchev–Trinajstić information content (AvgIpc) is 3.10. The first kappa shape index (κ1) is 14.0. The zero-order valence-electron chi connectivity index (χ0n) is 11.0. The van der Waals surface area contributed by atoms with Crippen molar-refractivity contribution in [2.24, 2.45) is 22.9 Å². The van der Waals surface area contributed by atoms with Crippen LogP contribution in [0.4, 0.5) is 0 Å². The molecule has 2 aliphatic carbocycles. The Labute approximate surface area is 122 Å². The molecule has 0 aliphatic heterocycles. The van der Waals surface area contributed by atoms with Crippen LogP contribution in [0.2, 0.25) is 0 Å². The minimum absolute atomic E-state index is 0.114. The van der Waals surface area contributed by atoms with Crippen molar-refractivity contribution in [1.29, 1.82) is 0 Å². The monoisotopic (exact) mass is 314 g/mol. The number of rotatable bonds is 4. The molecular weight excluding hydrogens is 296 g/mol. The molecule has 20 heavy (non-hydrogen) atoms. The molecule has 5 nitrogen and oxygen atoms in total. The number of nitrogens with two attached hydrogens (primary N) is 1. The van der Waals surface area contributed by atoms with Crippen LogP contribution in [0.1, 0.15) is 30.6 Å². The highest BCUT2D eigenvalue weighted by Crippen LogP contribution is 2.48. The molecule has 1 aromatic rings. The summed E-state index contributed by atoms with van der Waals surface area (Å²) in [5.41, 5.74) is 0. The summed E-state index contributed by atoms with van der Waals surface area (Å²) in [6.07, 6.45) is 4.67. The first-order valence-corrected chi connectivity index (χ1v) is 9.19. The molecule has 1 aromatic heterocycles. The van der Waals surface area contributed by atoms with Gasteiger partial charge in [-0.1, -0.05) is 6.42 Å². The van der Waals surface area contributed by atoms with Crippen LogP contribution in [0, 0.1) is 17.8 Å². The topological polar surface area (TPSA) is 89.3 Å². The Hall–Kier alpha value is -0.920. The van der Waals surface area contributed by atoms with Gasteiger partial charge in [0.2, 0.25) is 15.9 Å². The number of hydrogen-bond donors (Lipinski definition) is 2. The molecule has 3 atom stereocenters. The van der Waals surface area contributed by atoms with Gasteiger partial charge in [-0.2, -0.15) is 0 Å². The van der Waals surface area contributed by atoms with Crippen LogP contribution < -0.4 is 10.5 Å². The Morgan fingerprint density at radius 3 is 2.70 bits per heavy atom. The predicted molar refractivity (Wildman–Crippen MR) is 76.5 cm³/mol. The van der Waals surface area contributed by atoms with Crippen LogP contribution in [0.15, 0.2) is 16.3 Å². The van der Waals surface area contributed by atoms with E-state index in [-0.39, 0.29) is 16.0 Å². The summed E-state index contributed by atoms with van der Waals surface area (Å²) in [4.78, 5) is 13.0. The van der Waals surface area contributed by atoms with Crippen molar-refractivity contribution in [2.75, 3.05) is 0 Å². The fourth-order valence-electron chi connectivity index (χ4n) is 3.48. The van der Waals surface area contributed by atoms with Gasteiger partial charge in [0.05, 0.1) is 6.54 Å². The molecular formula is C13H18N2O3S2. The Bertz CT molecular complexity index is 623. The number of primary sulfonamides is 1. The SMILES string of the molecule is NS(=O)(=O)c1ccc(CNC(=O)C2CC3CCC2C3)s1. The van der Waals surface area contributed by atoms with Crippen LogP contribution in [-0.2, 0) is 21.4 Å². The van der Waals surface area contributed by atoms with E-state index in [1.54, 1.807) is 6.07 Å². The van der Waals surface area contributed by atoms with Crippen LogP contribution in [0.5, 0.6) is 0 Å². The van der Waals surface area contributed by atoms with Gasteiger partial charge in [0.25, 0.3) is 0 Å². The summed E-state index contributed by atoms with van der Waals surface area (Å²) in [5, 5.41) is 7.99. The lowest BCUT2D eigenvalue weighted by Gasteiger charge is -2.20. The zero-order valence-corrected chi connectivity index (χ0v) is 12.7. The second-order valence-corrected chi connectivity index (χ2v) is 8.72. The summed E-state index contributed by atoms with van der Waals surface area (Å²) in [6.45, 7) is 0.382. The lowest BCUT2D eigenvalue weighted by atomic mass is 9.88. The fraction of sp³-hybridized carbons (Fsp3) is 0.615. The van der Waals surface area contributed by atoms with Gasteiger partial charge in [-0.25, -0.2) is 13.6 Å². The van der Waals surface area contributed by atoms with E-state index in [0.29, 0.717) is 12.5 Å². The molecule has 0 aromatic carbocycles. The summed E-state index contributed by atoms with van der Waals surface area (Å²) < 4.78 is 22.5. The van der Waals surface area contributed by atoms with Gasteiger partial charge in [-0.3, -0.25) is 4.79 Å². The maximum atomic E-state index is 12.2. The van der Waals surface area contributed by atoms with E-state index in [4.69, 9.17) is 5.14 Å². The fourth-order valence-corrected chi connectivity index (χ4v) is 5.20. The summed E-state index contributed by atoms with van der Waals surface area (Å²) in [7, 11) is -3.64. The maximum absolute atomic E-state index is 12.2. The molecule has 110 valence electrons. The first-order valence-electron chi connectivity index (χ1n) is 6.82. The number of hydrogen-bond acceptors (Lipinski definition) is 4. The highest BCUT2D eigenvalue weighted by atomic mass is 32.2. The maximum Gasteiger partial charge on any atom is 0.247 e. The van der Waals surface area contributed by atoms with E-state index in [1.807, 2.05) is 0 Å². The summed E-state index contributed by atoms with van der Waals surface area (Å²) >= 11 is 1.11. The molecule has 0 spiro atoms. The third-order valence-electron chi connectivity index (χ3n) is 4.43. The van der Waals surface area contributed by atoms with E-state index >= 15 is 0 Å². The molecule has 1 heterocycles. The highest BCUT2D eigenvalue weighted by Gasteiger charge is 2.42. The molecule has 1 amide bonds. The molecule has 2 fully saturated rings. The lowest BCUT2D eigenvalue weighted by molar-refractivity contribution is -0.126. The van der Waals surface area contributed by atoms with Crippen molar-refractivity contribution >= 4 is 27.3 Å². The van der Waals surface area contributed by atoms with Crippen molar-refractivity contribution in [1.82, 2.24) is 5.32 Å². The first-order chi connectivity index (χ1) is 9.43. The molecule has 7 heteroatoms. The molecule has 0 radical (unpaired) electrons. The number of carbonyl (C=O) groups excluding carboxylic acids is 1. The molecule has 2 saturated carbocycles. The third kappa shape index (κ3) is 2.75. The van der Waals surface area contributed by atoms with Crippen LogP contribution in [-0.4, -0.2) is 14.3 Å². The standard InChI is InChI=1S/C13H18N2O3S2/c14-20(17,18)12-4-3-10(19-12)7-15-13(16)11-6-8-1-2-9(11)5-8/h3-4,8-9,11H,1-2,5-7H2,(H,15,16)(H2,14,17,18). The van der Waals surface area contributed by atoms with Gasteiger partial charge in [0.15, 0.2) is 0 Å². The van der Waals surface area contributed by atoms with Crippen molar-refractivity contribution in [2.45, 2.75) is 36.4 Å². The molecule has 3 rings (SSSR count). The van der Waals surface area contributed by atoms with E-state index in [0.717, 1.165) is 28.6 Å². The van der Waals surface area contributed by atoms with Crippen LogP contribution in [0.25, 0.3) is 0 Å². The smallest absolute Gasteiger partial charge is 0.247 e. The third-order valence-corrected chi connectivity index (χ3v) is 6.95. The minimum Gasteiger partial charge on any atom is -0.351 e. The van der Waals surface area contributed by atoms with E-state index in [9.17, 15) is 13.2 Å². The number of sulfonamides is 1. The van der Waals surface area contributed by atoms with Gasteiger partial charge in [0.1, 0.15) is 4.21 Å². The number of carbonyl (C=O) groups is 1. The van der Waals surface area contributed by atoms with Crippen LogP contribution >= 0.6 is 11.3 Å². The summed E-state index contributed by atoms with van der Waals surface area (Å²) in [6, 6.07) is 3.19. The average molecular weight is 314 g/mol. The van der Waals surface area contributed by atoms with Gasteiger partial charge < -0.3 is 5.32 Å². The quantitative estimate of drug-likeness (QED) is 0.881. The molecule has 3 N–H and O–H groups in total. The molecule has 2 bridgehead atoms. The number of fused-ring (bicyclic) bond motifs is 2. The number of nitrogens with one attached hydrogen (secondary N) is 1. The second-order valence-electron chi connectivity index (χ2n) is 5.76. The summed E-state index contributed by atoms with van der Waals surface area (Å²) in [5.74, 6) is 1.57. The number of thiophene rings is 1. The van der Waals surface area contributed by atoms with Crippen molar-refractivity contribution in [3.05, 3.63) is 17.0 Å². The van der Waals surface area contributed by atoms with E-state index < -0.39 is 10.0 Å². The molecule has 0 saturated heterocycles. The van der Waals surface area contributed by atoms with Crippen molar-refractivity contribution < 1.29 is 13.2 Å². The van der Waals surface area contributed by atoms with Crippen molar-refractivity contribution in [3.8, 4) is 0 Å². The second kappa shape index (κ2) is 5.13. The lowest BCUT2D eigenvalue weighted by Crippen LogP contribution is -2.33. The van der Waals surface area contributed by atoms with Gasteiger partial charge >= 0.3 is 0 Å². The van der Waals surface area contributed by atoms with Gasteiger partial charge in [-0.05, 0) is 43.2 Å². The Balaban J connectivity index is 1.57. The normalized spacial score (nSPS) is 28.8. The van der Waals surface area contributed by atoms with Crippen LogP contribution in [0.3, 0.4) is 0 Å². The predicted octanol–water partition coefficient (Wildman–Crippen LogP) is 1.45. The molecule has 3 unspecified atom stereocenters. The largest absolute Gasteiger partial charge is 0.351 e. The van der Waals surface area contributed by atoms with E-state index in [2.05, 4.69) is 5.32 Å². The molecule has 2 aliphatic rings. The Kier molecular flexibility index (Phi) is 3.60. The number of amides is 1. The highest BCUT2D eigenvalue weighted by molar-refractivity contribution is 7.91. The van der Waals surface area contributed by atoms with Gasteiger partial charge in [-0.15, -0.1) is 11.3 Å². The Morgan fingerprint density at radius 2 is 2.15 bits per heavy atom. The van der Waals surface area contributed by atoms with Gasteiger partial charge in [0, 0.05) is 10.8 Å².